The summed E-state index contributed by atoms with van der Waals surface area (Å²) in [4.78, 5) is 14.4. The van der Waals surface area contributed by atoms with E-state index in [1.807, 2.05) is 0 Å². The maximum atomic E-state index is 11.9. The summed E-state index contributed by atoms with van der Waals surface area (Å²) in [5.41, 5.74) is 8.24. The van der Waals surface area contributed by atoms with Crippen LogP contribution in [0.5, 0.6) is 0 Å². The Morgan fingerprint density at radius 2 is 2.18 bits per heavy atom. The van der Waals surface area contributed by atoms with E-state index in [4.69, 9.17) is 15.0 Å². The molecule has 1 unspecified atom stereocenters. The zero-order chi connectivity index (χ0) is 16.9. The minimum atomic E-state index is -1.87. The first-order valence-electron chi connectivity index (χ1n) is 6.69. The Morgan fingerprint density at radius 3 is 2.68 bits per heavy atom. The van der Waals surface area contributed by atoms with Gasteiger partial charge >= 0.3 is 5.97 Å². The summed E-state index contributed by atoms with van der Waals surface area (Å²) in [6.07, 6.45) is -5.23. The molecule has 0 spiro atoms. The number of aliphatic hydroxyl groups is 3. The lowest BCUT2D eigenvalue weighted by Crippen LogP contribution is -2.61. The van der Waals surface area contributed by atoms with Gasteiger partial charge in [-0.25, -0.2) is 4.79 Å². The molecule has 1 saturated heterocycles. The van der Waals surface area contributed by atoms with Crippen molar-refractivity contribution in [3.63, 3.8) is 0 Å². The maximum Gasteiger partial charge on any atom is 0.366 e. The summed E-state index contributed by atoms with van der Waals surface area (Å²) in [5, 5.41) is 33.3. The zero-order valence-corrected chi connectivity index (χ0v) is 12.6. The first-order chi connectivity index (χ1) is 10.3. The van der Waals surface area contributed by atoms with Crippen LogP contribution in [-0.4, -0.2) is 72.3 Å². The minimum absolute atomic E-state index is 0.174. The van der Waals surface area contributed by atoms with Gasteiger partial charge in [-0.2, -0.15) is 0 Å². The number of methoxy groups -OCH3 is 2. The Hall–Kier alpha value is -1.42. The van der Waals surface area contributed by atoms with E-state index in [0.717, 1.165) is 7.11 Å². The molecule has 0 aromatic heterocycles. The van der Waals surface area contributed by atoms with Gasteiger partial charge in [0.1, 0.15) is 6.10 Å². The van der Waals surface area contributed by atoms with Crippen LogP contribution in [0.25, 0.3) is 10.4 Å². The van der Waals surface area contributed by atoms with E-state index in [0.29, 0.717) is 0 Å². The van der Waals surface area contributed by atoms with Crippen LogP contribution in [-0.2, 0) is 19.0 Å². The number of ether oxygens (including phenoxy) is 3. The molecule has 10 heteroatoms. The van der Waals surface area contributed by atoms with Crippen molar-refractivity contribution >= 4 is 5.97 Å². The Balaban J connectivity index is 3.01. The quantitative estimate of drug-likeness (QED) is 0.253. The lowest BCUT2D eigenvalue weighted by Gasteiger charge is -2.45. The number of esters is 1. The molecule has 1 heterocycles. The van der Waals surface area contributed by atoms with Crippen LogP contribution < -0.4 is 0 Å². The molecular formula is C12H21N3O7. The molecule has 6 atom stereocenters. The van der Waals surface area contributed by atoms with Crippen molar-refractivity contribution in [1.29, 1.82) is 0 Å². The summed E-state index contributed by atoms with van der Waals surface area (Å²) in [6, 6.07) is 0. The number of hydrogen-bond donors (Lipinski definition) is 3. The van der Waals surface area contributed by atoms with Crippen molar-refractivity contribution in [2.45, 2.75) is 43.5 Å². The van der Waals surface area contributed by atoms with Crippen LogP contribution in [0.15, 0.2) is 5.11 Å². The van der Waals surface area contributed by atoms with Crippen molar-refractivity contribution in [2.75, 3.05) is 20.8 Å². The summed E-state index contributed by atoms with van der Waals surface area (Å²) < 4.78 is 15.2. The number of rotatable bonds is 6. The van der Waals surface area contributed by atoms with E-state index in [-0.39, 0.29) is 13.0 Å². The van der Waals surface area contributed by atoms with Gasteiger partial charge in [-0.1, -0.05) is 12.0 Å². The molecular weight excluding hydrogens is 298 g/mol. The van der Waals surface area contributed by atoms with Crippen molar-refractivity contribution < 1.29 is 34.3 Å². The Labute approximate surface area is 127 Å². The fourth-order valence-corrected chi connectivity index (χ4v) is 2.39. The molecule has 1 rings (SSSR count). The fraction of sp³-hybridized carbons (Fsp3) is 0.917. The molecule has 0 saturated carbocycles. The second kappa shape index (κ2) is 7.73. The number of azide groups is 1. The predicted octanol–water partition coefficient (Wildman–Crippen LogP) is -0.680. The van der Waals surface area contributed by atoms with Crippen molar-refractivity contribution in [3.05, 3.63) is 10.4 Å². The normalized spacial score (nSPS) is 34.4. The first-order valence-corrected chi connectivity index (χ1v) is 6.69. The van der Waals surface area contributed by atoms with E-state index in [9.17, 15) is 20.1 Å². The van der Waals surface area contributed by atoms with Gasteiger partial charge in [-0.3, -0.25) is 0 Å². The zero-order valence-electron chi connectivity index (χ0n) is 12.6. The number of carbonyl (C=O) groups excluding carboxylic acids is 1. The average Bonchev–Trinajstić information content (AvgIpc) is 2.53. The van der Waals surface area contributed by atoms with Gasteiger partial charge in [0.15, 0.2) is 0 Å². The molecule has 10 nitrogen and oxygen atoms in total. The first kappa shape index (κ1) is 18.6. The monoisotopic (exact) mass is 319 g/mol. The molecule has 0 aliphatic carbocycles. The number of aliphatic hydroxyl groups excluding tert-OH is 3. The largest absolute Gasteiger partial charge is 0.465 e. The second-order valence-corrected chi connectivity index (χ2v) is 5.13. The number of carbonyl (C=O) groups is 1. The van der Waals surface area contributed by atoms with Crippen molar-refractivity contribution in [1.82, 2.24) is 0 Å². The molecule has 22 heavy (non-hydrogen) atoms. The SMILES string of the molecule is COC(=O)[C@@]1(OC)C[C@@H](O)[C@@H](C)C([C@H](O)[C@H](O)CN=[N+]=[N-])O1. The van der Waals surface area contributed by atoms with Gasteiger partial charge in [0, 0.05) is 24.4 Å². The highest BCUT2D eigenvalue weighted by molar-refractivity contribution is 5.78. The number of hydrogen-bond acceptors (Lipinski definition) is 8. The van der Waals surface area contributed by atoms with E-state index in [1.165, 1.54) is 7.11 Å². The van der Waals surface area contributed by atoms with Gasteiger partial charge in [-0.05, 0) is 5.53 Å². The lowest BCUT2D eigenvalue weighted by molar-refractivity contribution is -0.310. The molecule has 1 fully saturated rings. The van der Waals surface area contributed by atoms with E-state index in [2.05, 4.69) is 14.8 Å². The van der Waals surface area contributed by atoms with E-state index < -0.39 is 42.1 Å². The predicted molar refractivity (Wildman–Crippen MR) is 72.4 cm³/mol. The smallest absolute Gasteiger partial charge is 0.366 e. The van der Waals surface area contributed by atoms with Crippen LogP contribution in [0.4, 0.5) is 0 Å². The van der Waals surface area contributed by atoms with Crippen LogP contribution >= 0.6 is 0 Å². The second-order valence-electron chi connectivity index (χ2n) is 5.13. The minimum Gasteiger partial charge on any atom is -0.465 e. The molecule has 0 aromatic carbocycles. The van der Waals surface area contributed by atoms with Crippen LogP contribution in [0.1, 0.15) is 13.3 Å². The summed E-state index contributed by atoms with van der Waals surface area (Å²) in [7, 11) is 2.35. The fourth-order valence-electron chi connectivity index (χ4n) is 2.39. The Bertz CT molecular complexity index is 442. The maximum absolute atomic E-state index is 11.9. The summed E-state index contributed by atoms with van der Waals surface area (Å²) in [6.45, 7) is 1.22. The van der Waals surface area contributed by atoms with Crippen molar-refractivity contribution in [3.8, 4) is 0 Å². The van der Waals surface area contributed by atoms with E-state index >= 15 is 0 Å². The lowest BCUT2D eigenvalue weighted by atomic mass is 9.84. The summed E-state index contributed by atoms with van der Waals surface area (Å²) in [5.74, 6) is -3.32. The van der Waals surface area contributed by atoms with Gasteiger partial charge in [0.05, 0.1) is 32.0 Å². The van der Waals surface area contributed by atoms with Gasteiger partial charge < -0.3 is 29.5 Å². The Morgan fingerprint density at radius 1 is 1.55 bits per heavy atom. The molecule has 0 amide bonds. The molecule has 0 radical (unpaired) electrons. The Kier molecular flexibility index (Phi) is 6.54. The topological polar surface area (TPSA) is 154 Å². The molecule has 0 aromatic rings. The van der Waals surface area contributed by atoms with Gasteiger partial charge in [0.2, 0.25) is 0 Å². The van der Waals surface area contributed by atoms with Gasteiger partial charge in [0.25, 0.3) is 5.79 Å². The highest BCUT2D eigenvalue weighted by atomic mass is 16.7. The van der Waals surface area contributed by atoms with Crippen LogP contribution in [0.2, 0.25) is 0 Å². The average molecular weight is 319 g/mol. The number of nitrogens with zero attached hydrogens (tertiary/aromatic N) is 3. The third-order valence-corrected chi connectivity index (χ3v) is 3.82. The highest BCUT2D eigenvalue weighted by Gasteiger charge is 2.54. The van der Waals surface area contributed by atoms with E-state index in [1.54, 1.807) is 6.92 Å². The third-order valence-electron chi connectivity index (χ3n) is 3.82. The van der Waals surface area contributed by atoms with Crippen LogP contribution in [0.3, 0.4) is 0 Å². The third kappa shape index (κ3) is 3.67. The summed E-state index contributed by atoms with van der Waals surface area (Å²) >= 11 is 0. The van der Waals surface area contributed by atoms with Crippen LogP contribution in [0, 0.1) is 5.92 Å². The standard InChI is InChI=1S/C12H21N3O7/c1-6-7(16)4-12(21-3,11(19)20-2)22-10(6)9(18)8(17)5-14-15-13/h6-10,16-18H,4-5H2,1-3H3/t6-,7-,8-,9-,10?,12-/m1/s1. The molecule has 1 aliphatic rings. The van der Waals surface area contributed by atoms with Gasteiger partial charge in [-0.15, -0.1) is 0 Å². The molecule has 126 valence electrons. The van der Waals surface area contributed by atoms with Crippen molar-refractivity contribution in [2.24, 2.45) is 11.0 Å². The molecule has 0 bridgehead atoms. The highest BCUT2D eigenvalue weighted by Crippen LogP contribution is 2.36. The molecule has 3 N–H and O–H groups in total. The molecule has 1 aliphatic heterocycles.